The Labute approximate surface area is 155 Å². The van der Waals surface area contributed by atoms with Gasteiger partial charge in [0.1, 0.15) is 0 Å². The number of ketones is 1. The lowest BCUT2D eigenvalue weighted by atomic mass is 10.0. The summed E-state index contributed by atoms with van der Waals surface area (Å²) < 4.78 is 30.5. The number of amides is 1. The minimum absolute atomic E-state index is 0.00497. The van der Waals surface area contributed by atoms with Crippen molar-refractivity contribution in [1.29, 1.82) is 0 Å². The molecule has 0 radical (unpaired) electrons. The monoisotopic (exact) mass is 383 g/mol. The van der Waals surface area contributed by atoms with Crippen molar-refractivity contribution >= 4 is 27.5 Å². The van der Waals surface area contributed by atoms with E-state index in [2.05, 4.69) is 11.2 Å². The molecule has 0 unspecified atom stereocenters. The lowest BCUT2D eigenvalue weighted by molar-refractivity contribution is -0.123. The first-order valence-electron chi connectivity index (χ1n) is 7.76. The molecule has 136 valence electrons. The molecule has 0 saturated heterocycles. The summed E-state index contributed by atoms with van der Waals surface area (Å²) in [5, 5.41) is 2.33. The van der Waals surface area contributed by atoms with Gasteiger partial charge in [-0.3, -0.25) is 9.59 Å². The van der Waals surface area contributed by atoms with Crippen molar-refractivity contribution in [2.45, 2.75) is 9.79 Å². The van der Waals surface area contributed by atoms with E-state index in [9.17, 15) is 22.8 Å². The molecule has 0 atom stereocenters. The fourth-order valence-electron chi connectivity index (χ4n) is 2.63. The molecule has 0 aliphatic carbocycles. The third-order valence-corrected chi connectivity index (χ3v) is 5.75. The second-order valence-electron chi connectivity index (χ2n) is 5.60. The molecule has 3 rings (SSSR count). The fourth-order valence-corrected chi connectivity index (χ4v) is 4.30. The zero-order valence-electron chi connectivity index (χ0n) is 13.9. The molecule has 27 heavy (non-hydrogen) atoms. The number of hydrogen-bond acceptors (Lipinski definition) is 6. The molecule has 0 bridgehead atoms. The topological polar surface area (TPSA) is 107 Å². The van der Waals surface area contributed by atoms with E-state index in [1.165, 1.54) is 30.3 Å². The summed E-state index contributed by atoms with van der Waals surface area (Å²) in [5.41, 5.74) is -0.0169. The molecule has 0 saturated carbocycles. The molecule has 1 amide bonds. The normalized spacial score (nSPS) is 13.7. The maximum atomic E-state index is 12.8. The van der Waals surface area contributed by atoms with Crippen molar-refractivity contribution in [1.82, 2.24) is 5.32 Å². The molecule has 7 nitrogen and oxygen atoms in total. The molecule has 1 N–H and O–H groups in total. The van der Waals surface area contributed by atoms with Crippen molar-refractivity contribution in [3.8, 4) is 12.3 Å². The second-order valence-corrected chi connectivity index (χ2v) is 7.48. The van der Waals surface area contributed by atoms with Gasteiger partial charge in [-0.2, -0.15) is 0 Å². The predicted octanol–water partition coefficient (Wildman–Crippen LogP) is 0.970. The number of rotatable bonds is 4. The Kier molecular flexibility index (Phi) is 4.79. The van der Waals surface area contributed by atoms with Crippen LogP contribution < -0.4 is 5.32 Å². The Hall–Kier alpha value is -3.44. The number of carbonyl (C=O) groups is 3. The van der Waals surface area contributed by atoms with Gasteiger partial charge in [-0.1, -0.05) is 18.1 Å². The largest absolute Gasteiger partial charge is 0.452 e. The number of ether oxygens (including phenoxy) is 1. The van der Waals surface area contributed by atoms with Crippen LogP contribution in [0.4, 0.5) is 0 Å². The maximum absolute atomic E-state index is 12.8. The summed E-state index contributed by atoms with van der Waals surface area (Å²) >= 11 is 0. The number of hydrogen-bond donors (Lipinski definition) is 1. The number of terminal acetylenes is 1. The van der Waals surface area contributed by atoms with Gasteiger partial charge in [0.05, 0.1) is 21.9 Å². The zero-order valence-corrected chi connectivity index (χ0v) is 14.7. The molecule has 1 heterocycles. The van der Waals surface area contributed by atoms with E-state index in [1.54, 1.807) is 6.07 Å². The molecule has 0 aromatic heterocycles. The van der Waals surface area contributed by atoms with Crippen LogP contribution in [0.25, 0.3) is 0 Å². The van der Waals surface area contributed by atoms with Gasteiger partial charge >= 0.3 is 5.97 Å². The molecule has 0 fully saturated rings. The summed E-state index contributed by atoms with van der Waals surface area (Å²) in [5.74, 6) is 0.281. The van der Waals surface area contributed by atoms with Gasteiger partial charge in [0.15, 0.2) is 12.4 Å². The number of nitrogens with one attached hydrogen (secondary N) is 1. The SMILES string of the molecule is C#CCNC(=O)COC(=O)c1ccc2c(c1)S(=O)(=O)c1ccccc1C2=O. The highest BCUT2D eigenvalue weighted by atomic mass is 32.2. The van der Waals surface area contributed by atoms with Crippen LogP contribution >= 0.6 is 0 Å². The number of fused-ring (bicyclic) bond motifs is 2. The summed E-state index contributed by atoms with van der Waals surface area (Å²) in [6.45, 7) is -0.568. The Morgan fingerprint density at radius 1 is 1.07 bits per heavy atom. The third kappa shape index (κ3) is 3.32. The van der Waals surface area contributed by atoms with Gasteiger partial charge in [0.2, 0.25) is 9.84 Å². The fraction of sp³-hybridized carbons (Fsp3) is 0.105. The Morgan fingerprint density at radius 3 is 2.52 bits per heavy atom. The molecule has 2 aromatic carbocycles. The Bertz CT molecular complexity index is 1110. The highest BCUT2D eigenvalue weighted by Gasteiger charge is 2.35. The van der Waals surface area contributed by atoms with Crippen molar-refractivity contribution in [3.63, 3.8) is 0 Å². The van der Waals surface area contributed by atoms with E-state index in [4.69, 9.17) is 11.2 Å². The quantitative estimate of drug-likeness (QED) is 0.531. The van der Waals surface area contributed by atoms with E-state index in [0.29, 0.717) is 0 Å². The van der Waals surface area contributed by atoms with Crippen LogP contribution in [0.2, 0.25) is 0 Å². The van der Waals surface area contributed by atoms with Crippen molar-refractivity contribution in [2.24, 2.45) is 0 Å². The zero-order chi connectivity index (χ0) is 19.6. The lowest BCUT2D eigenvalue weighted by Crippen LogP contribution is -2.29. The Morgan fingerprint density at radius 2 is 1.78 bits per heavy atom. The van der Waals surface area contributed by atoms with Gasteiger partial charge < -0.3 is 10.1 Å². The molecule has 8 heteroatoms. The Balaban J connectivity index is 1.90. The summed E-state index contributed by atoms with van der Waals surface area (Å²) in [4.78, 5) is 35.7. The van der Waals surface area contributed by atoms with Crippen LogP contribution in [0.3, 0.4) is 0 Å². The summed E-state index contributed by atoms with van der Waals surface area (Å²) in [7, 11) is -3.96. The van der Waals surface area contributed by atoms with Crippen LogP contribution in [0.15, 0.2) is 52.3 Å². The van der Waals surface area contributed by atoms with E-state index >= 15 is 0 Å². The summed E-state index contributed by atoms with van der Waals surface area (Å²) in [6.07, 6.45) is 5.00. The first kappa shape index (κ1) is 18.4. The second kappa shape index (κ2) is 7.05. The number of carbonyl (C=O) groups excluding carboxylic acids is 3. The first-order valence-corrected chi connectivity index (χ1v) is 9.24. The highest BCUT2D eigenvalue weighted by molar-refractivity contribution is 7.91. The standard InChI is InChI=1S/C19H13NO6S/c1-2-9-20-17(21)11-26-19(23)12-7-8-14-16(10-12)27(24,25)15-6-4-3-5-13(15)18(14)22/h1,3-8,10H,9,11H2,(H,20,21). The number of benzene rings is 2. The van der Waals surface area contributed by atoms with Gasteiger partial charge in [0, 0.05) is 11.1 Å². The average Bonchev–Trinajstić information content (AvgIpc) is 2.68. The molecule has 0 spiro atoms. The van der Waals surface area contributed by atoms with Crippen LogP contribution in [0, 0.1) is 12.3 Å². The molecular weight excluding hydrogens is 370 g/mol. The van der Waals surface area contributed by atoms with Crippen LogP contribution in [-0.4, -0.2) is 39.2 Å². The molecular formula is C19H13NO6S. The van der Waals surface area contributed by atoms with Crippen LogP contribution in [-0.2, 0) is 19.4 Å². The lowest BCUT2D eigenvalue weighted by Gasteiger charge is -2.19. The van der Waals surface area contributed by atoms with E-state index in [0.717, 1.165) is 6.07 Å². The number of esters is 1. The number of sulfone groups is 1. The minimum atomic E-state index is -3.96. The predicted molar refractivity (Wildman–Crippen MR) is 93.9 cm³/mol. The minimum Gasteiger partial charge on any atom is -0.452 e. The van der Waals surface area contributed by atoms with Crippen LogP contribution in [0.1, 0.15) is 26.3 Å². The van der Waals surface area contributed by atoms with Crippen molar-refractivity contribution < 1.29 is 27.5 Å². The van der Waals surface area contributed by atoms with Crippen LogP contribution in [0.5, 0.6) is 0 Å². The molecule has 1 aliphatic rings. The van der Waals surface area contributed by atoms with E-state index in [-0.39, 0.29) is 33.0 Å². The van der Waals surface area contributed by atoms with Gasteiger partial charge in [-0.05, 0) is 30.3 Å². The van der Waals surface area contributed by atoms with Gasteiger partial charge in [-0.25, -0.2) is 13.2 Å². The molecule has 2 aromatic rings. The average molecular weight is 383 g/mol. The van der Waals surface area contributed by atoms with E-state index in [1.807, 2.05) is 0 Å². The first-order chi connectivity index (χ1) is 12.9. The smallest absolute Gasteiger partial charge is 0.338 e. The van der Waals surface area contributed by atoms with E-state index < -0.39 is 34.1 Å². The summed E-state index contributed by atoms with van der Waals surface area (Å²) in [6, 6.07) is 9.50. The van der Waals surface area contributed by atoms with Gasteiger partial charge in [0.25, 0.3) is 5.91 Å². The highest BCUT2D eigenvalue weighted by Crippen LogP contribution is 2.34. The third-order valence-electron chi connectivity index (χ3n) is 3.89. The van der Waals surface area contributed by atoms with Crippen molar-refractivity contribution in [3.05, 3.63) is 59.2 Å². The van der Waals surface area contributed by atoms with Crippen molar-refractivity contribution in [2.75, 3.05) is 13.2 Å². The maximum Gasteiger partial charge on any atom is 0.338 e. The molecule has 1 aliphatic heterocycles. The van der Waals surface area contributed by atoms with Gasteiger partial charge in [-0.15, -0.1) is 6.42 Å².